The molecule has 0 saturated carbocycles. The first-order chi connectivity index (χ1) is 41.2. The number of anilines is 12. The summed E-state index contributed by atoms with van der Waals surface area (Å²) in [6, 6.07) is 111. The third kappa shape index (κ3) is 8.52. The molecule has 0 aromatic heterocycles. The van der Waals surface area contributed by atoms with Gasteiger partial charge in [-0.05, 0) is 212 Å². The van der Waals surface area contributed by atoms with Gasteiger partial charge in [-0.2, -0.15) is 0 Å². The summed E-state index contributed by atoms with van der Waals surface area (Å²) in [4.78, 5) is 9.56. The Morgan fingerprint density at radius 3 is 0.631 bits per heavy atom. The molecule has 402 valence electrons. The molecular weight excluding hydrogens is 1020 g/mol. The zero-order chi connectivity index (χ0) is 56.5. The molecule has 0 atom stereocenters. The Morgan fingerprint density at radius 1 is 0.190 bits per heavy atom. The molecule has 0 N–H and O–H groups in total. The minimum atomic E-state index is -0.252. The molecule has 0 heterocycles. The van der Waals surface area contributed by atoms with Gasteiger partial charge in [-0.15, -0.1) is 0 Å². The van der Waals surface area contributed by atoms with Crippen molar-refractivity contribution in [2.75, 3.05) is 19.6 Å². The predicted octanol–water partition coefficient (Wildman–Crippen LogP) is 22.5. The third-order valence-electron chi connectivity index (χ3n) is 17.7. The number of hydrogen-bond donors (Lipinski definition) is 0. The van der Waals surface area contributed by atoms with Crippen LogP contribution in [0.1, 0.15) is 49.9 Å². The maximum Gasteiger partial charge on any atom is 0.0468 e. The molecule has 13 aromatic carbocycles. The van der Waals surface area contributed by atoms with Gasteiger partial charge in [-0.1, -0.05) is 185 Å². The molecule has 4 heteroatoms. The molecule has 0 unspecified atom stereocenters. The zero-order valence-corrected chi connectivity index (χ0v) is 47.7. The first-order valence-corrected chi connectivity index (χ1v) is 29.2. The summed E-state index contributed by atoms with van der Waals surface area (Å²) >= 11 is 0. The minimum Gasteiger partial charge on any atom is -0.310 e. The lowest BCUT2D eigenvalue weighted by atomic mass is 9.82. The Balaban J connectivity index is 0.765. The molecule has 0 aliphatic heterocycles. The normalized spacial score (nSPS) is 13.2. The summed E-state index contributed by atoms with van der Waals surface area (Å²) < 4.78 is 0. The highest BCUT2D eigenvalue weighted by atomic mass is 15.2. The monoisotopic (exact) mass is 1080 g/mol. The van der Waals surface area contributed by atoms with Crippen LogP contribution in [0.2, 0.25) is 0 Å². The van der Waals surface area contributed by atoms with E-state index in [0.717, 1.165) is 68.2 Å². The maximum absolute atomic E-state index is 2.43. The molecule has 0 amide bonds. The van der Waals surface area contributed by atoms with Gasteiger partial charge in [0.25, 0.3) is 0 Å². The summed E-state index contributed by atoms with van der Waals surface area (Å²) in [5.74, 6) is 0. The quantitative estimate of drug-likeness (QED) is 0.113. The zero-order valence-electron chi connectivity index (χ0n) is 47.7. The fourth-order valence-corrected chi connectivity index (χ4v) is 13.6. The lowest BCUT2D eigenvalue weighted by Crippen LogP contribution is -2.17. The van der Waals surface area contributed by atoms with Gasteiger partial charge < -0.3 is 19.6 Å². The average molecular weight is 1080 g/mol. The predicted molar refractivity (Wildman–Crippen MR) is 355 cm³/mol. The number of nitrogens with zero attached hydrogens (tertiary/aromatic N) is 4. The molecule has 2 aliphatic rings. The number of benzene rings is 13. The van der Waals surface area contributed by atoms with Crippen molar-refractivity contribution in [1.29, 1.82) is 0 Å². The van der Waals surface area contributed by atoms with Crippen LogP contribution in [0.4, 0.5) is 68.2 Å². The lowest BCUT2D eigenvalue weighted by Gasteiger charge is -2.29. The van der Waals surface area contributed by atoms with Crippen LogP contribution in [0.15, 0.2) is 303 Å². The van der Waals surface area contributed by atoms with E-state index < -0.39 is 0 Å². The van der Waals surface area contributed by atoms with E-state index in [1.807, 2.05) is 0 Å². The largest absolute Gasteiger partial charge is 0.310 e. The summed E-state index contributed by atoms with van der Waals surface area (Å²) in [6.45, 7) is 9.53. The van der Waals surface area contributed by atoms with Gasteiger partial charge in [0.05, 0.1) is 0 Å². The topological polar surface area (TPSA) is 13.0 Å². The van der Waals surface area contributed by atoms with E-state index in [9.17, 15) is 0 Å². The van der Waals surface area contributed by atoms with E-state index in [1.165, 1.54) is 66.1 Å². The number of para-hydroxylation sites is 6. The second kappa shape index (κ2) is 20.2. The van der Waals surface area contributed by atoms with Gasteiger partial charge in [0.2, 0.25) is 0 Å². The van der Waals surface area contributed by atoms with E-state index in [0.29, 0.717) is 0 Å². The van der Waals surface area contributed by atoms with Gasteiger partial charge in [0.1, 0.15) is 0 Å². The fraction of sp³-hybridized carbons (Fsp3) is 0.0750. The van der Waals surface area contributed by atoms with Crippen LogP contribution in [0.5, 0.6) is 0 Å². The van der Waals surface area contributed by atoms with Crippen LogP contribution < -0.4 is 19.6 Å². The highest BCUT2D eigenvalue weighted by molar-refractivity contribution is 6.10. The van der Waals surface area contributed by atoms with Crippen molar-refractivity contribution in [2.24, 2.45) is 0 Å². The highest BCUT2D eigenvalue weighted by Crippen LogP contribution is 2.55. The minimum absolute atomic E-state index is 0.252. The van der Waals surface area contributed by atoms with E-state index in [-0.39, 0.29) is 10.8 Å². The van der Waals surface area contributed by atoms with E-state index >= 15 is 0 Å². The Kier molecular flexibility index (Phi) is 12.2. The van der Waals surface area contributed by atoms with E-state index in [1.54, 1.807) is 0 Å². The van der Waals surface area contributed by atoms with Crippen molar-refractivity contribution in [2.45, 2.75) is 38.5 Å². The molecule has 13 aromatic rings. The summed E-state index contributed by atoms with van der Waals surface area (Å²) in [7, 11) is 0. The molecular formula is C80H62N4. The van der Waals surface area contributed by atoms with Crippen LogP contribution in [0, 0.1) is 0 Å². The molecule has 0 saturated heterocycles. The standard InChI is InChI=1S/C80H62N4/c1-79(2)75-51-65(81(57-23-11-5-12-24-57)58-25-13-6-14-26-58)39-45-71(75)73-47-41-67(53-77(73)79)83(61-31-19-9-20-32-61)63-37-43-69-55(49-63)35-36-56-50-64(38-44-70(56)69)84(62-33-21-10-22-34-62)68-42-48-74-72-46-40-66(52-76(72)80(3,4)78(74)54-68)82(59-27-15-7-16-28-59)60-29-17-8-18-30-60/h5-54H,1-4H3. The number of rotatable bonds is 12. The molecule has 0 bridgehead atoms. The Hall–Kier alpha value is -10.4. The first-order valence-electron chi connectivity index (χ1n) is 29.2. The van der Waals surface area contributed by atoms with Gasteiger partial charge in [-0.3, -0.25) is 0 Å². The molecule has 4 nitrogen and oxygen atoms in total. The number of hydrogen-bond acceptors (Lipinski definition) is 4. The molecule has 0 fully saturated rings. The van der Waals surface area contributed by atoms with Gasteiger partial charge in [0.15, 0.2) is 0 Å². The molecule has 0 radical (unpaired) electrons. The van der Waals surface area contributed by atoms with Gasteiger partial charge in [0, 0.05) is 79.1 Å². The van der Waals surface area contributed by atoms with Crippen LogP contribution in [0.3, 0.4) is 0 Å². The number of fused-ring (bicyclic) bond motifs is 9. The van der Waals surface area contributed by atoms with Crippen molar-refractivity contribution in [3.8, 4) is 22.3 Å². The second-order valence-corrected chi connectivity index (χ2v) is 23.4. The highest BCUT2D eigenvalue weighted by Gasteiger charge is 2.39. The SMILES string of the molecule is CC1(C)c2cc(N(c3ccccc3)c3ccccc3)ccc2-c2ccc(N(c3ccccc3)c3ccc4c(ccc5cc(N(c6ccccc6)c6ccc7c(c6)C(C)(C)c6cc(N(c8ccccc8)c8ccccc8)ccc6-7)ccc54)c3)cc21. The summed E-state index contributed by atoms with van der Waals surface area (Å²) in [5, 5.41) is 4.82. The van der Waals surface area contributed by atoms with Crippen molar-refractivity contribution in [1.82, 2.24) is 0 Å². The van der Waals surface area contributed by atoms with Crippen LogP contribution in [-0.4, -0.2) is 0 Å². The van der Waals surface area contributed by atoms with Crippen molar-refractivity contribution in [3.63, 3.8) is 0 Å². The molecule has 2 aliphatic carbocycles. The van der Waals surface area contributed by atoms with E-state index in [4.69, 9.17) is 0 Å². The van der Waals surface area contributed by atoms with Crippen molar-refractivity contribution in [3.05, 3.63) is 326 Å². The second-order valence-electron chi connectivity index (χ2n) is 23.4. The Bertz CT molecular complexity index is 4220. The van der Waals surface area contributed by atoms with E-state index in [2.05, 4.69) is 351 Å². The van der Waals surface area contributed by atoms with Crippen molar-refractivity contribution < 1.29 is 0 Å². The Labute approximate surface area is 493 Å². The van der Waals surface area contributed by atoms with Gasteiger partial charge >= 0.3 is 0 Å². The molecule has 15 rings (SSSR count). The average Bonchev–Trinajstić information content (AvgIpc) is 2.19. The molecule has 84 heavy (non-hydrogen) atoms. The fourth-order valence-electron chi connectivity index (χ4n) is 13.6. The Morgan fingerprint density at radius 2 is 0.393 bits per heavy atom. The first kappa shape index (κ1) is 50.5. The van der Waals surface area contributed by atoms with Crippen LogP contribution >= 0.6 is 0 Å². The van der Waals surface area contributed by atoms with Crippen LogP contribution in [0.25, 0.3) is 43.8 Å². The lowest BCUT2D eigenvalue weighted by molar-refractivity contribution is 0.660. The maximum atomic E-state index is 2.43. The molecule has 0 spiro atoms. The smallest absolute Gasteiger partial charge is 0.0468 e. The summed E-state index contributed by atoms with van der Waals surface area (Å²) in [5.41, 5.74) is 23.5. The van der Waals surface area contributed by atoms with Gasteiger partial charge in [-0.25, -0.2) is 0 Å². The van der Waals surface area contributed by atoms with Crippen LogP contribution in [-0.2, 0) is 10.8 Å². The summed E-state index contributed by atoms with van der Waals surface area (Å²) in [6.07, 6.45) is 0. The third-order valence-corrected chi connectivity index (χ3v) is 17.7. The van der Waals surface area contributed by atoms with Crippen molar-refractivity contribution >= 4 is 89.8 Å².